The van der Waals surface area contributed by atoms with Crippen LogP contribution in [0.2, 0.25) is 0 Å². The lowest BCUT2D eigenvalue weighted by Crippen LogP contribution is -2.10. The lowest BCUT2D eigenvalue weighted by atomic mass is 9.96. The first-order valence-electron chi connectivity index (χ1n) is 15.5. The Morgan fingerprint density at radius 1 is 0.457 bits per heavy atom. The standard InChI is InChI=1S/C43H28N2O/c1-3-11-29(12-4-1)30-20-21-32-26-35(23-22-31(32)25-30)45(34-14-5-2-6-15-34)39-27-41-43(38-17-8-7-16-37(38)39)42-36(18-9-19-40(42)46-41)33-13-10-24-44-28-33/h1-28H. The molecule has 46 heavy (non-hydrogen) atoms. The van der Waals surface area contributed by atoms with Gasteiger partial charge in [-0.05, 0) is 75.3 Å². The number of nitrogens with zero attached hydrogens (tertiary/aromatic N) is 2. The van der Waals surface area contributed by atoms with Gasteiger partial charge >= 0.3 is 0 Å². The molecule has 0 bridgehead atoms. The van der Waals surface area contributed by atoms with E-state index in [0.29, 0.717) is 0 Å². The van der Waals surface area contributed by atoms with Crippen LogP contribution in [-0.4, -0.2) is 4.98 Å². The molecule has 0 amide bonds. The predicted molar refractivity (Wildman–Crippen MR) is 192 cm³/mol. The Kier molecular flexibility index (Phi) is 6.14. The minimum absolute atomic E-state index is 0.856. The van der Waals surface area contributed by atoms with Gasteiger partial charge in [-0.2, -0.15) is 0 Å². The maximum atomic E-state index is 6.66. The first-order chi connectivity index (χ1) is 22.8. The molecule has 3 nitrogen and oxygen atoms in total. The highest BCUT2D eigenvalue weighted by Gasteiger charge is 2.22. The first kappa shape index (κ1) is 26.2. The Morgan fingerprint density at radius 3 is 2.02 bits per heavy atom. The van der Waals surface area contributed by atoms with Crippen LogP contribution in [0.3, 0.4) is 0 Å². The van der Waals surface area contributed by atoms with Crippen molar-refractivity contribution >= 4 is 60.5 Å². The normalized spacial score (nSPS) is 11.5. The molecule has 0 aliphatic heterocycles. The van der Waals surface area contributed by atoms with Gasteiger partial charge in [0.1, 0.15) is 11.2 Å². The smallest absolute Gasteiger partial charge is 0.138 e. The van der Waals surface area contributed by atoms with Crippen molar-refractivity contribution < 1.29 is 4.42 Å². The van der Waals surface area contributed by atoms with Gasteiger partial charge in [-0.15, -0.1) is 0 Å². The van der Waals surface area contributed by atoms with Gasteiger partial charge in [0.25, 0.3) is 0 Å². The fraction of sp³-hybridized carbons (Fsp3) is 0. The zero-order valence-electron chi connectivity index (χ0n) is 25.0. The molecule has 9 rings (SSSR count). The predicted octanol–water partition coefficient (Wildman–Crippen LogP) is 12.1. The molecule has 0 fully saturated rings. The fourth-order valence-electron chi connectivity index (χ4n) is 6.80. The molecule has 0 saturated heterocycles. The van der Waals surface area contributed by atoms with Crippen LogP contribution >= 0.6 is 0 Å². The molecule has 0 unspecified atom stereocenters. The van der Waals surface area contributed by atoms with E-state index in [-0.39, 0.29) is 0 Å². The summed E-state index contributed by atoms with van der Waals surface area (Å²) in [6.45, 7) is 0. The number of hydrogen-bond acceptors (Lipinski definition) is 3. The highest BCUT2D eigenvalue weighted by molar-refractivity contribution is 6.25. The van der Waals surface area contributed by atoms with Crippen LogP contribution in [0.1, 0.15) is 0 Å². The van der Waals surface area contributed by atoms with Gasteiger partial charge in [-0.25, -0.2) is 0 Å². The van der Waals surface area contributed by atoms with Crippen LogP contribution in [0.4, 0.5) is 17.1 Å². The van der Waals surface area contributed by atoms with Crippen LogP contribution in [0.25, 0.3) is 65.7 Å². The zero-order valence-corrected chi connectivity index (χ0v) is 25.0. The minimum Gasteiger partial charge on any atom is -0.456 e. The van der Waals surface area contributed by atoms with Crippen molar-refractivity contribution in [3.8, 4) is 22.3 Å². The molecule has 0 aliphatic carbocycles. The number of rotatable bonds is 5. The van der Waals surface area contributed by atoms with E-state index < -0.39 is 0 Å². The second-order valence-electron chi connectivity index (χ2n) is 11.6. The molecule has 0 N–H and O–H groups in total. The Labute approximate surface area is 266 Å². The Morgan fingerprint density at radius 2 is 1.20 bits per heavy atom. The zero-order chi connectivity index (χ0) is 30.5. The molecule has 7 aromatic carbocycles. The summed E-state index contributed by atoms with van der Waals surface area (Å²) >= 11 is 0. The third-order valence-corrected chi connectivity index (χ3v) is 8.90. The summed E-state index contributed by atoms with van der Waals surface area (Å²) in [6.07, 6.45) is 3.73. The van der Waals surface area contributed by atoms with Crippen LogP contribution in [0, 0.1) is 0 Å². The second-order valence-corrected chi connectivity index (χ2v) is 11.6. The lowest BCUT2D eigenvalue weighted by Gasteiger charge is -2.27. The third-order valence-electron chi connectivity index (χ3n) is 8.90. The van der Waals surface area contributed by atoms with Gasteiger partial charge in [0.05, 0.1) is 5.69 Å². The van der Waals surface area contributed by atoms with Gasteiger partial charge in [0.2, 0.25) is 0 Å². The largest absolute Gasteiger partial charge is 0.456 e. The van der Waals surface area contributed by atoms with Crippen LogP contribution in [0.15, 0.2) is 175 Å². The summed E-state index contributed by atoms with van der Waals surface area (Å²) in [5.74, 6) is 0. The molecule has 3 heteroatoms. The number of furan rings is 1. The Hall–Kier alpha value is -6.19. The highest BCUT2D eigenvalue weighted by atomic mass is 16.3. The van der Waals surface area contributed by atoms with Gasteiger partial charge in [0.15, 0.2) is 0 Å². The van der Waals surface area contributed by atoms with E-state index in [1.54, 1.807) is 0 Å². The minimum atomic E-state index is 0.856. The molecule has 9 aromatic rings. The molecule has 0 radical (unpaired) electrons. The molecule has 0 saturated carbocycles. The number of anilines is 3. The highest BCUT2D eigenvalue weighted by Crippen LogP contribution is 2.46. The fourth-order valence-corrected chi connectivity index (χ4v) is 6.80. The number of benzene rings is 7. The molecule has 2 aromatic heterocycles. The van der Waals surface area contributed by atoms with Crippen molar-refractivity contribution in [2.45, 2.75) is 0 Å². The van der Waals surface area contributed by atoms with Crippen LogP contribution in [-0.2, 0) is 0 Å². The van der Waals surface area contributed by atoms with E-state index in [2.05, 4.69) is 162 Å². The monoisotopic (exact) mass is 588 g/mol. The number of fused-ring (bicyclic) bond motifs is 6. The maximum absolute atomic E-state index is 6.66. The van der Waals surface area contributed by atoms with Crippen molar-refractivity contribution in [3.05, 3.63) is 170 Å². The van der Waals surface area contributed by atoms with Gasteiger partial charge in [-0.3, -0.25) is 4.98 Å². The molecule has 0 spiro atoms. The van der Waals surface area contributed by atoms with Crippen molar-refractivity contribution in [3.63, 3.8) is 0 Å². The van der Waals surface area contributed by atoms with E-state index in [9.17, 15) is 0 Å². The topological polar surface area (TPSA) is 29.3 Å². The molecule has 216 valence electrons. The number of para-hydroxylation sites is 1. The molecule has 0 aliphatic rings. The maximum Gasteiger partial charge on any atom is 0.138 e. The second kappa shape index (κ2) is 10.8. The Balaban J connectivity index is 1.28. The summed E-state index contributed by atoms with van der Waals surface area (Å²) in [6, 6.07) is 55.8. The van der Waals surface area contributed by atoms with Gasteiger partial charge in [0, 0.05) is 51.6 Å². The number of pyridine rings is 1. The molecule has 0 atom stereocenters. The summed E-state index contributed by atoms with van der Waals surface area (Å²) in [4.78, 5) is 6.75. The van der Waals surface area contributed by atoms with Crippen molar-refractivity contribution in [1.82, 2.24) is 4.98 Å². The third kappa shape index (κ3) is 4.33. The van der Waals surface area contributed by atoms with Crippen molar-refractivity contribution in [2.24, 2.45) is 0 Å². The summed E-state index contributed by atoms with van der Waals surface area (Å²) in [5, 5.41) is 6.93. The summed E-state index contributed by atoms with van der Waals surface area (Å²) in [7, 11) is 0. The van der Waals surface area contributed by atoms with E-state index in [0.717, 1.165) is 60.9 Å². The Bertz CT molecular complexity index is 2520. The number of hydrogen-bond donors (Lipinski definition) is 0. The van der Waals surface area contributed by atoms with E-state index >= 15 is 0 Å². The quantitative estimate of drug-likeness (QED) is 0.200. The van der Waals surface area contributed by atoms with E-state index in [1.165, 1.54) is 21.9 Å². The van der Waals surface area contributed by atoms with Crippen LogP contribution < -0.4 is 4.90 Å². The number of aromatic nitrogens is 1. The lowest BCUT2D eigenvalue weighted by molar-refractivity contribution is 0.669. The summed E-state index contributed by atoms with van der Waals surface area (Å²) < 4.78 is 6.66. The van der Waals surface area contributed by atoms with Crippen molar-refractivity contribution in [2.75, 3.05) is 4.90 Å². The van der Waals surface area contributed by atoms with E-state index in [1.807, 2.05) is 18.5 Å². The van der Waals surface area contributed by atoms with Crippen molar-refractivity contribution in [1.29, 1.82) is 0 Å². The average Bonchev–Trinajstić information content (AvgIpc) is 3.52. The average molecular weight is 589 g/mol. The van der Waals surface area contributed by atoms with Gasteiger partial charge < -0.3 is 9.32 Å². The molecular formula is C43H28N2O. The molecule has 2 heterocycles. The van der Waals surface area contributed by atoms with Crippen LogP contribution in [0.5, 0.6) is 0 Å². The first-order valence-corrected chi connectivity index (χ1v) is 15.5. The van der Waals surface area contributed by atoms with E-state index in [4.69, 9.17) is 4.42 Å². The molecular weight excluding hydrogens is 560 g/mol. The SMILES string of the molecule is c1ccc(-c2ccc3cc(N(c4ccccc4)c4cc5oc6cccc(-c7cccnc7)c6c5c5ccccc45)ccc3c2)cc1. The summed E-state index contributed by atoms with van der Waals surface area (Å²) in [5.41, 5.74) is 9.58. The van der Waals surface area contributed by atoms with Gasteiger partial charge in [-0.1, -0.05) is 109 Å².